The molecule has 0 N–H and O–H groups in total. The van der Waals surface area contributed by atoms with E-state index in [0.717, 1.165) is 71.3 Å². The van der Waals surface area contributed by atoms with E-state index < -0.39 is 15.9 Å². The molecule has 0 spiro atoms. The van der Waals surface area contributed by atoms with Gasteiger partial charge in [-0.05, 0) is 66.9 Å². The topological polar surface area (TPSA) is 69.2 Å². The Hall–Kier alpha value is -4.82. The molecule has 8 aromatic carbocycles. The SMILES string of the molecule is [O-]c1ccc2ccccc2c1-c1c(OCC[O][Al][O]CCOc2ccc3ccccc3c2-c2c(OI)ccc3ccccc23)ccc2ccccc12. The van der Waals surface area contributed by atoms with Gasteiger partial charge in [-0.1, -0.05) is 127 Å². The third kappa shape index (κ3) is 6.89. The first-order chi connectivity index (χ1) is 25.7. The summed E-state index contributed by atoms with van der Waals surface area (Å²) in [5.41, 5.74) is 3.43. The van der Waals surface area contributed by atoms with Gasteiger partial charge in [0.15, 0.2) is 23.0 Å². The zero-order valence-electron chi connectivity index (χ0n) is 28.1. The third-order valence-corrected chi connectivity index (χ3v) is 10.4. The second-order valence-electron chi connectivity index (χ2n) is 12.3. The van der Waals surface area contributed by atoms with Crippen LogP contribution in [0.3, 0.4) is 0 Å². The molecule has 0 saturated heterocycles. The molecule has 0 aliphatic carbocycles. The van der Waals surface area contributed by atoms with Crippen molar-refractivity contribution in [2.45, 2.75) is 0 Å². The Labute approximate surface area is 322 Å². The summed E-state index contributed by atoms with van der Waals surface area (Å²) in [5.74, 6) is 2.14. The zero-order valence-corrected chi connectivity index (χ0v) is 31.4. The molecular formula is C44H32AlIO6-. The smallest absolute Gasteiger partial charge is 0.668 e. The van der Waals surface area contributed by atoms with Crippen LogP contribution in [0.4, 0.5) is 0 Å². The Bertz CT molecular complexity index is 2540. The van der Waals surface area contributed by atoms with E-state index in [1.807, 2.05) is 126 Å². The van der Waals surface area contributed by atoms with Crippen molar-refractivity contribution in [3.8, 4) is 45.3 Å². The summed E-state index contributed by atoms with van der Waals surface area (Å²) < 4.78 is 30.3. The summed E-state index contributed by atoms with van der Waals surface area (Å²) in [6, 6.07) is 48.3. The van der Waals surface area contributed by atoms with Crippen molar-refractivity contribution in [3.05, 3.63) is 146 Å². The van der Waals surface area contributed by atoms with E-state index in [9.17, 15) is 5.11 Å². The molecule has 0 fully saturated rings. The molecule has 0 heterocycles. The highest BCUT2D eigenvalue weighted by Crippen LogP contribution is 2.46. The van der Waals surface area contributed by atoms with Crippen LogP contribution in [-0.4, -0.2) is 42.3 Å². The van der Waals surface area contributed by atoms with Gasteiger partial charge in [0.25, 0.3) is 0 Å². The van der Waals surface area contributed by atoms with Crippen molar-refractivity contribution in [1.29, 1.82) is 0 Å². The van der Waals surface area contributed by atoms with E-state index in [2.05, 4.69) is 36.4 Å². The highest BCUT2D eigenvalue weighted by Gasteiger charge is 2.19. The van der Waals surface area contributed by atoms with E-state index in [-0.39, 0.29) is 5.75 Å². The maximum atomic E-state index is 13.3. The fraction of sp³-hybridized carbons (Fsp3) is 0.0909. The average Bonchev–Trinajstić information content (AvgIpc) is 3.19. The van der Waals surface area contributed by atoms with Crippen LogP contribution in [0.25, 0.3) is 65.3 Å². The standard InChI is InChI=1S/C22H16IO3.C22H17O3.Al/c23-26-20-12-10-16-6-2-4-8-18(16)22(20)21-17-7-3-1-5-15(17)9-11-19(21)25-14-13-24;23-13-14-25-20-12-10-16-6-2-4-8-18(16)22(20)21-17-7-3-1-5-15(17)9-11-19(21)24;/h1-12H,13-14H2;1-12,24H,13-14H2;/q2*-1;+2/p-1. The molecule has 0 bridgehead atoms. The third-order valence-electron chi connectivity index (χ3n) is 9.20. The predicted octanol–water partition coefficient (Wildman–Crippen LogP) is 10.5. The van der Waals surface area contributed by atoms with Gasteiger partial charge in [-0.25, -0.2) is 0 Å². The molecule has 0 amide bonds. The molecule has 255 valence electrons. The van der Waals surface area contributed by atoms with Crippen molar-refractivity contribution in [2.75, 3.05) is 26.4 Å². The number of hydrogen-bond donors (Lipinski definition) is 0. The fourth-order valence-electron chi connectivity index (χ4n) is 6.89. The average molecular weight is 811 g/mol. The number of hydrogen-bond acceptors (Lipinski definition) is 6. The van der Waals surface area contributed by atoms with Gasteiger partial charge >= 0.3 is 15.9 Å². The lowest BCUT2D eigenvalue weighted by Gasteiger charge is -2.21. The van der Waals surface area contributed by atoms with Crippen LogP contribution in [0, 0.1) is 0 Å². The number of rotatable bonds is 13. The van der Waals surface area contributed by atoms with E-state index in [1.54, 1.807) is 6.07 Å². The van der Waals surface area contributed by atoms with Crippen LogP contribution in [0.5, 0.6) is 23.0 Å². The maximum absolute atomic E-state index is 13.3. The lowest BCUT2D eigenvalue weighted by Crippen LogP contribution is -2.15. The van der Waals surface area contributed by atoms with E-state index in [0.29, 0.717) is 37.7 Å². The van der Waals surface area contributed by atoms with Gasteiger partial charge < -0.3 is 25.2 Å². The van der Waals surface area contributed by atoms with Gasteiger partial charge in [0.05, 0.1) is 13.2 Å². The molecule has 1 radical (unpaired) electrons. The Kier molecular flexibility index (Phi) is 10.4. The molecule has 8 rings (SSSR count). The van der Waals surface area contributed by atoms with Crippen LogP contribution in [-0.2, 0) is 7.58 Å². The summed E-state index contributed by atoms with van der Waals surface area (Å²) >= 11 is 1.22. The van der Waals surface area contributed by atoms with Gasteiger partial charge in [0.2, 0.25) is 0 Å². The Morgan fingerprint density at radius 3 is 1.23 bits per heavy atom. The Morgan fingerprint density at radius 2 is 0.769 bits per heavy atom. The van der Waals surface area contributed by atoms with Gasteiger partial charge in [-0.2, -0.15) is 0 Å². The Morgan fingerprint density at radius 1 is 0.404 bits per heavy atom. The number of ether oxygens (including phenoxy) is 2. The van der Waals surface area contributed by atoms with Crippen molar-refractivity contribution in [1.82, 2.24) is 0 Å². The summed E-state index contributed by atoms with van der Waals surface area (Å²) in [6.45, 7) is 1.38. The van der Waals surface area contributed by atoms with Crippen LogP contribution in [0.1, 0.15) is 0 Å². The summed E-state index contributed by atoms with van der Waals surface area (Å²) in [7, 11) is 0. The number of fused-ring (bicyclic) bond motifs is 4. The minimum absolute atomic E-state index is 0.0390. The highest BCUT2D eigenvalue weighted by atomic mass is 127. The zero-order chi connectivity index (χ0) is 35.3. The molecule has 0 aliphatic rings. The second-order valence-corrected chi connectivity index (χ2v) is 13.6. The van der Waals surface area contributed by atoms with E-state index >= 15 is 0 Å². The van der Waals surface area contributed by atoms with Crippen molar-refractivity contribution < 1.29 is 25.2 Å². The van der Waals surface area contributed by atoms with Gasteiger partial charge in [-0.15, -0.1) is 5.75 Å². The monoisotopic (exact) mass is 810 g/mol. The molecule has 0 saturated carbocycles. The van der Waals surface area contributed by atoms with Crippen LogP contribution in [0.2, 0.25) is 0 Å². The minimum Gasteiger partial charge on any atom is -0.872 e. The van der Waals surface area contributed by atoms with Gasteiger partial charge in [0, 0.05) is 16.7 Å². The molecule has 6 nitrogen and oxygen atoms in total. The second kappa shape index (κ2) is 15.8. The molecule has 0 aliphatic heterocycles. The lowest BCUT2D eigenvalue weighted by molar-refractivity contribution is -0.267. The van der Waals surface area contributed by atoms with Crippen molar-refractivity contribution in [3.63, 3.8) is 0 Å². The largest absolute Gasteiger partial charge is 0.872 e. The number of benzene rings is 8. The summed E-state index contributed by atoms with van der Waals surface area (Å²) in [4.78, 5) is 0. The van der Waals surface area contributed by atoms with Crippen molar-refractivity contribution >= 4 is 82.0 Å². The van der Waals surface area contributed by atoms with Crippen LogP contribution >= 0.6 is 23.0 Å². The van der Waals surface area contributed by atoms with Gasteiger partial charge in [-0.3, -0.25) is 0 Å². The van der Waals surface area contributed by atoms with Crippen LogP contribution in [0.15, 0.2) is 146 Å². The normalized spacial score (nSPS) is 11.3. The highest BCUT2D eigenvalue weighted by molar-refractivity contribution is 14.1. The lowest BCUT2D eigenvalue weighted by atomic mass is 9.92. The molecule has 8 aromatic rings. The Balaban J connectivity index is 0.921. The first-order valence-corrected chi connectivity index (χ1v) is 18.9. The summed E-state index contributed by atoms with van der Waals surface area (Å²) in [6.07, 6.45) is 0. The number of halogens is 1. The predicted molar refractivity (Wildman–Crippen MR) is 217 cm³/mol. The summed E-state index contributed by atoms with van der Waals surface area (Å²) in [5, 5.41) is 21.7. The molecule has 52 heavy (non-hydrogen) atoms. The van der Waals surface area contributed by atoms with Crippen LogP contribution < -0.4 is 17.6 Å². The molecule has 0 atom stereocenters. The molecule has 8 heteroatoms. The van der Waals surface area contributed by atoms with E-state index in [4.69, 9.17) is 20.1 Å². The fourth-order valence-corrected chi connectivity index (χ4v) is 7.73. The molecule has 0 aromatic heterocycles. The van der Waals surface area contributed by atoms with E-state index in [1.165, 1.54) is 0 Å². The quantitative estimate of drug-likeness (QED) is 0.0656. The van der Waals surface area contributed by atoms with Gasteiger partial charge in [0.1, 0.15) is 30.5 Å². The van der Waals surface area contributed by atoms with Crippen molar-refractivity contribution in [2.24, 2.45) is 0 Å². The maximum Gasteiger partial charge on any atom is 0.668 e. The first-order valence-electron chi connectivity index (χ1n) is 17.0. The molecule has 0 unspecified atom stereocenters. The molecular weight excluding hydrogens is 778 g/mol. The first kappa shape index (κ1) is 34.3. The minimum atomic E-state index is -0.732.